The van der Waals surface area contributed by atoms with E-state index in [9.17, 15) is 0 Å². The minimum atomic E-state index is 0.506. The molecule has 4 rings (SSSR count). The lowest BCUT2D eigenvalue weighted by Gasteiger charge is -2.00. The standard InChI is InChI=1S/C16H14N4S/c21-16-19-18-15(13-7-8-13)20(16)17-10-11-5-6-12-3-1-2-4-14(12)9-11/h1-6,9-10,13H,7-8H2,(H,19,21)/b17-10-. The Labute approximate surface area is 127 Å². The number of fused-ring (bicyclic) bond motifs is 1. The summed E-state index contributed by atoms with van der Waals surface area (Å²) in [6, 6.07) is 14.6. The Morgan fingerprint density at radius 3 is 2.81 bits per heavy atom. The maximum Gasteiger partial charge on any atom is 0.216 e. The summed E-state index contributed by atoms with van der Waals surface area (Å²) in [7, 11) is 0. The van der Waals surface area contributed by atoms with Gasteiger partial charge in [-0.25, -0.2) is 0 Å². The number of hydrogen-bond donors (Lipinski definition) is 1. The lowest BCUT2D eigenvalue weighted by molar-refractivity contribution is 0.773. The first-order valence-corrected chi connectivity index (χ1v) is 7.42. The number of hydrogen-bond acceptors (Lipinski definition) is 3. The molecule has 5 heteroatoms. The van der Waals surface area contributed by atoms with Crippen LogP contribution in [0.25, 0.3) is 10.8 Å². The van der Waals surface area contributed by atoms with Gasteiger partial charge in [-0.15, -0.1) is 0 Å². The van der Waals surface area contributed by atoms with Gasteiger partial charge in [-0.05, 0) is 47.5 Å². The Kier molecular flexibility index (Phi) is 2.93. The predicted molar refractivity (Wildman–Crippen MR) is 86.3 cm³/mol. The van der Waals surface area contributed by atoms with Gasteiger partial charge < -0.3 is 0 Å². The van der Waals surface area contributed by atoms with E-state index in [2.05, 4.69) is 45.6 Å². The van der Waals surface area contributed by atoms with Gasteiger partial charge in [-0.3, -0.25) is 5.10 Å². The number of rotatable bonds is 3. The molecule has 2 aromatic carbocycles. The van der Waals surface area contributed by atoms with Crippen molar-refractivity contribution in [1.82, 2.24) is 14.9 Å². The van der Waals surface area contributed by atoms with Crippen LogP contribution in [0.15, 0.2) is 47.6 Å². The highest BCUT2D eigenvalue weighted by Crippen LogP contribution is 2.38. The number of benzene rings is 2. The van der Waals surface area contributed by atoms with Gasteiger partial charge in [0.05, 0.1) is 6.21 Å². The van der Waals surface area contributed by atoms with E-state index < -0.39 is 0 Å². The molecule has 21 heavy (non-hydrogen) atoms. The smallest absolute Gasteiger partial charge is 0.216 e. The van der Waals surface area contributed by atoms with E-state index in [1.807, 2.05) is 18.3 Å². The summed E-state index contributed by atoms with van der Waals surface area (Å²) in [6.45, 7) is 0. The molecule has 1 saturated carbocycles. The molecule has 1 aromatic heterocycles. The summed E-state index contributed by atoms with van der Waals surface area (Å²) in [4.78, 5) is 0. The molecule has 0 bridgehead atoms. The van der Waals surface area contributed by atoms with Gasteiger partial charge in [0.15, 0.2) is 5.82 Å². The lowest BCUT2D eigenvalue weighted by Crippen LogP contribution is -1.97. The maximum absolute atomic E-state index is 5.24. The molecule has 0 radical (unpaired) electrons. The number of aromatic amines is 1. The van der Waals surface area contributed by atoms with Crippen molar-refractivity contribution in [3.05, 3.63) is 58.6 Å². The molecule has 1 heterocycles. The molecule has 0 saturated heterocycles. The second-order valence-corrected chi connectivity index (χ2v) is 5.71. The van der Waals surface area contributed by atoms with Crippen molar-refractivity contribution in [2.75, 3.05) is 0 Å². The predicted octanol–water partition coefficient (Wildman–Crippen LogP) is 3.85. The van der Waals surface area contributed by atoms with E-state index in [1.165, 1.54) is 23.6 Å². The molecule has 0 unspecified atom stereocenters. The maximum atomic E-state index is 5.24. The third-order valence-corrected chi connectivity index (χ3v) is 3.98. The van der Waals surface area contributed by atoms with E-state index in [1.54, 1.807) is 4.68 Å². The van der Waals surface area contributed by atoms with Gasteiger partial charge in [-0.1, -0.05) is 36.4 Å². The van der Waals surface area contributed by atoms with Crippen molar-refractivity contribution in [2.45, 2.75) is 18.8 Å². The first kappa shape index (κ1) is 12.5. The SMILES string of the molecule is S=c1[nH]nc(C2CC2)n1/N=C\c1ccc2ccccc2c1. The van der Waals surface area contributed by atoms with Crippen LogP contribution >= 0.6 is 12.2 Å². The van der Waals surface area contributed by atoms with Gasteiger partial charge in [0, 0.05) is 5.92 Å². The molecule has 1 N–H and O–H groups in total. The van der Waals surface area contributed by atoms with E-state index >= 15 is 0 Å². The quantitative estimate of drug-likeness (QED) is 0.589. The van der Waals surface area contributed by atoms with Crippen LogP contribution in [0.2, 0.25) is 0 Å². The van der Waals surface area contributed by atoms with E-state index in [4.69, 9.17) is 12.2 Å². The first-order valence-electron chi connectivity index (χ1n) is 7.02. The summed E-state index contributed by atoms with van der Waals surface area (Å²) in [6.07, 6.45) is 4.18. The van der Waals surface area contributed by atoms with Crippen LogP contribution in [-0.2, 0) is 0 Å². The largest absolute Gasteiger partial charge is 0.250 e. The normalized spacial score (nSPS) is 15.0. The zero-order valence-electron chi connectivity index (χ0n) is 11.4. The van der Waals surface area contributed by atoms with Crippen LogP contribution in [0.3, 0.4) is 0 Å². The van der Waals surface area contributed by atoms with Gasteiger partial charge >= 0.3 is 0 Å². The van der Waals surface area contributed by atoms with E-state index in [0.29, 0.717) is 10.7 Å². The summed E-state index contributed by atoms with van der Waals surface area (Å²) < 4.78 is 2.29. The van der Waals surface area contributed by atoms with Gasteiger partial charge in [0.25, 0.3) is 0 Å². The second kappa shape index (κ2) is 4.93. The highest BCUT2D eigenvalue weighted by molar-refractivity contribution is 7.71. The monoisotopic (exact) mass is 294 g/mol. The fraction of sp³-hybridized carbons (Fsp3) is 0.188. The molecule has 1 fully saturated rings. The molecule has 0 amide bonds. The number of nitrogens with one attached hydrogen (secondary N) is 1. The van der Waals surface area contributed by atoms with Crippen LogP contribution in [0.5, 0.6) is 0 Å². The van der Waals surface area contributed by atoms with Crippen molar-refractivity contribution in [3.8, 4) is 0 Å². The van der Waals surface area contributed by atoms with Gasteiger partial charge in [-0.2, -0.15) is 14.9 Å². The van der Waals surface area contributed by atoms with Crippen LogP contribution < -0.4 is 0 Å². The third kappa shape index (κ3) is 2.40. The first-order chi connectivity index (χ1) is 10.3. The second-order valence-electron chi connectivity index (χ2n) is 5.32. The molecular formula is C16H14N4S. The molecule has 1 aliphatic rings. The Balaban J connectivity index is 1.70. The Hall–Kier alpha value is -2.27. The number of nitrogens with zero attached hydrogens (tertiary/aromatic N) is 3. The van der Waals surface area contributed by atoms with Crippen molar-refractivity contribution >= 4 is 29.2 Å². The van der Waals surface area contributed by atoms with Crippen molar-refractivity contribution < 1.29 is 0 Å². The van der Waals surface area contributed by atoms with Crippen molar-refractivity contribution in [2.24, 2.45) is 5.10 Å². The molecule has 0 atom stereocenters. The lowest BCUT2D eigenvalue weighted by atomic mass is 10.1. The van der Waals surface area contributed by atoms with Crippen LogP contribution in [0.1, 0.15) is 30.1 Å². The Morgan fingerprint density at radius 1 is 1.19 bits per heavy atom. The molecule has 4 nitrogen and oxygen atoms in total. The molecule has 3 aromatic rings. The number of H-pyrrole nitrogens is 1. The van der Waals surface area contributed by atoms with Gasteiger partial charge in [0.1, 0.15) is 0 Å². The minimum absolute atomic E-state index is 0.506. The molecule has 0 aliphatic heterocycles. The van der Waals surface area contributed by atoms with Gasteiger partial charge in [0.2, 0.25) is 4.77 Å². The summed E-state index contributed by atoms with van der Waals surface area (Å²) in [5.74, 6) is 1.45. The average Bonchev–Trinajstić information content (AvgIpc) is 3.29. The average molecular weight is 294 g/mol. The molecule has 0 spiro atoms. The van der Waals surface area contributed by atoms with Crippen molar-refractivity contribution in [1.29, 1.82) is 0 Å². The number of aromatic nitrogens is 3. The molecule has 104 valence electrons. The molecule has 1 aliphatic carbocycles. The third-order valence-electron chi connectivity index (χ3n) is 3.71. The topological polar surface area (TPSA) is 46.0 Å². The highest BCUT2D eigenvalue weighted by atomic mass is 32.1. The zero-order chi connectivity index (χ0) is 14.2. The summed E-state index contributed by atoms with van der Waals surface area (Å²) in [5, 5.41) is 14.0. The Bertz CT molecular complexity index is 886. The fourth-order valence-corrected chi connectivity index (χ4v) is 2.62. The minimum Gasteiger partial charge on any atom is -0.250 e. The van der Waals surface area contributed by atoms with Crippen LogP contribution in [0, 0.1) is 4.77 Å². The van der Waals surface area contributed by atoms with Crippen LogP contribution in [0.4, 0.5) is 0 Å². The Morgan fingerprint density at radius 2 is 2.00 bits per heavy atom. The molecular weight excluding hydrogens is 280 g/mol. The summed E-state index contributed by atoms with van der Waals surface area (Å²) >= 11 is 5.24. The summed E-state index contributed by atoms with van der Waals surface area (Å²) in [5.41, 5.74) is 1.05. The van der Waals surface area contributed by atoms with E-state index in [0.717, 1.165) is 11.4 Å². The van der Waals surface area contributed by atoms with E-state index in [-0.39, 0.29) is 0 Å². The van der Waals surface area contributed by atoms with Crippen LogP contribution in [-0.4, -0.2) is 21.1 Å². The fourth-order valence-electron chi connectivity index (χ4n) is 2.43. The highest BCUT2D eigenvalue weighted by Gasteiger charge is 2.29. The van der Waals surface area contributed by atoms with Crippen molar-refractivity contribution in [3.63, 3.8) is 0 Å². The zero-order valence-corrected chi connectivity index (χ0v) is 12.2.